The van der Waals surface area contributed by atoms with Crippen LogP contribution >= 0.6 is 16.3 Å². The number of fused-ring (bicyclic) bond motifs is 7. The number of ketones is 1. The zero-order valence-corrected chi connectivity index (χ0v) is 34.6. The van der Waals surface area contributed by atoms with Crippen LogP contribution in [0.2, 0.25) is 0 Å². The molecule has 5 saturated heterocycles. The third-order valence-electron chi connectivity index (χ3n) is 11.6. The van der Waals surface area contributed by atoms with Crippen LogP contribution in [0.25, 0.3) is 0 Å². The van der Waals surface area contributed by atoms with Crippen molar-refractivity contribution in [2.45, 2.75) is 142 Å². The van der Waals surface area contributed by atoms with Gasteiger partial charge in [-0.3, -0.25) is 43.9 Å². The number of Topliss-reactive ketones (excluding diaryl/α,β-unsaturated/α-hetero) is 1. The van der Waals surface area contributed by atoms with E-state index in [-0.39, 0.29) is 56.6 Å². The number of carbonyl (C=O) groups excluding carboxylic acids is 6. The number of nitrogens with zero attached hydrogens (tertiary/aromatic N) is 4. The van der Waals surface area contributed by atoms with Crippen molar-refractivity contribution in [3.05, 3.63) is 0 Å². The standard InChI is InChI=1S/C34H50N6O15P2/c1-17(2)40(18(3)4)56(50-12-8-11-35)54-20-13-24-38-27-28-34(7,33(27,6)29(43)36-31(38)45)30(44)37-32(46)39(28)25-14-21(55-57(47,48)51-16-23(20)53-24)22(52-25)15-49-26(42)10-9-19(5)41/h17-18,20-25,27-28H,8-10,12-16H2,1-7H3,(H,47,48)(H,36,43,45)(H,37,44,46)/t20-,21-,22+,23+,24+,25+,27?,28?,33-,34+,56?/m0/s1. The molecule has 3 N–H and O–H groups in total. The fourth-order valence-electron chi connectivity index (χ4n) is 8.77. The molecule has 4 bridgehead atoms. The maximum Gasteiger partial charge on any atom is 0.472 e. The Morgan fingerprint density at radius 1 is 0.982 bits per heavy atom. The molecule has 0 aromatic heterocycles. The van der Waals surface area contributed by atoms with Crippen molar-refractivity contribution >= 4 is 52.0 Å². The molecular weight excluding hydrogens is 794 g/mol. The fraction of sp³-hybridized carbons (Fsp3) is 0.794. The Morgan fingerprint density at radius 3 is 2.11 bits per heavy atom. The van der Waals surface area contributed by atoms with E-state index >= 15 is 0 Å². The van der Waals surface area contributed by atoms with Crippen molar-refractivity contribution < 1.29 is 70.5 Å². The maximum atomic E-state index is 14.0. The SMILES string of the molecule is CC(=O)CCC(=O)OC[C@H]1O[C@@H]2C[C@@H]1OP(=O)(O)OC[C@H]1O[C@H](C[C@@H]1OP(OCCC#N)N(C(C)C)C(C)C)N1C(=O)NC(=O)[C@]3(C)C1C1N2C(=O)NC(=O)[C@@]13C. The number of hydrogen-bond donors (Lipinski definition) is 3. The van der Waals surface area contributed by atoms with Crippen LogP contribution < -0.4 is 10.6 Å². The van der Waals surface area contributed by atoms with Crippen LogP contribution in [0.1, 0.15) is 80.6 Å². The van der Waals surface area contributed by atoms with E-state index in [0.717, 1.165) is 0 Å². The van der Waals surface area contributed by atoms with Gasteiger partial charge in [0.1, 0.15) is 43.2 Å². The van der Waals surface area contributed by atoms with Crippen LogP contribution in [0, 0.1) is 22.2 Å². The third kappa shape index (κ3) is 7.86. The molecule has 316 valence electrons. The lowest BCUT2D eigenvalue weighted by molar-refractivity contribution is -0.242. The second kappa shape index (κ2) is 16.5. The molecule has 0 spiro atoms. The molecule has 4 unspecified atom stereocenters. The molecule has 5 aliphatic heterocycles. The quantitative estimate of drug-likeness (QED) is 0.136. The Morgan fingerprint density at radius 2 is 1.56 bits per heavy atom. The highest BCUT2D eigenvalue weighted by Crippen LogP contribution is 2.65. The molecule has 23 heteroatoms. The van der Waals surface area contributed by atoms with E-state index < -0.39 is 119 Å². The number of amides is 6. The number of rotatable bonds is 13. The molecule has 21 nitrogen and oxygen atoms in total. The molecule has 0 radical (unpaired) electrons. The summed E-state index contributed by atoms with van der Waals surface area (Å²) < 4.78 is 57.4. The minimum Gasteiger partial charge on any atom is -0.463 e. The number of nitrogens with one attached hydrogen (secondary N) is 2. The zero-order chi connectivity index (χ0) is 41.8. The summed E-state index contributed by atoms with van der Waals surface area (Å²) in [6.45, 7) is 11.1. The molecule has 1 aliphatic carbocycles. The highest BCUT2D eigenvalue weighted by Gasteiger charge is 2.82. The highest BCUT2D eigenvalue weighted by molar-refractivity contribution is 7.47. The summed E-state index contributed by atoms with van der Waals surface area (Å²) in [5.74, 6) is -2.49. The number of phosphoric ester groups is 1. The lowest BCUT2D eigenvalue weighted by Crippen LogP contribution is -2.92. The minimum absolute atomic E-state index is 0.0388. The smallest absolute Gasteiger partial charge is 0.463 e. The van der Waals surface area contributed by atoms with Crippen molar-refractivity contribution in [3.63, 3.8) is 0 Å². The molecule has 57 heavy (non-hydrogen) atoms. The van der Waals surface area contributed by atoms with Crippen LogP contribution in [0.4, 0.5) is 9.59 Å². The van der Waals surface area contributed by atoms with Crippen LogP contribution in [-0.4, -0.2) is 136 Å². The average Bonchev–Trinajstić information content (AvgIpc) is 3.70. The number of ether oxygens (including phenoxy) is 3. The third-order valence-corrected chi connectivity index (χ3v) is 14.8. The van der Waals surface area contributed by atoms with E-state index in [1.165, 1.54) is 30.6 Å². The molecule has 5 heterocycles. The first kappa shape index (κ1) is 43.4. The van der Waals surface area contributed by atoms with E-state index in [1.54, 1.807) is 0 Å². The van der Waals surface area contributed by atoms with E-state index in [9.17, 15) is 43.5 Å². The lowest BCUT2D eigenvalue weighted by atomic mass is 9.42. The average molecular weight is 845 g/mol. The van der Waals surface area contributed by atoms with Gasteiger partial charge in [-0.2, -0.15) is 5.26 Å². The molecule has 6 fully saturated rings. The van der Waals surface area contributed by atoms with Gasteiger partial charge in [-0.1, -0.05) is 0 Å². The summed E-state index contributed by atoms with van der Waals surface area (Å²) in [4.78, 5) is 93.0. The molecule has 1 saturated carbocycles. The Hall–Kier alpha value is -3.15. The summed E-state index contributed by atoms with van der Waals surface area (Å²) in [6.07, 6.45) is -7.74. The highest BCUT2D eigenvalue weighted by atomic mass is 31.2. The van der Waals surface area contributed by atoms with Gasteiger partial charge in [0.2, 0.25) is 11.8 Å². The van der Waals surface area contributed by atoms with Gasteiger partial charge in [0.25, 0.3) is 8.53 Å². The molecule has 6 aliphatic rings. The number of carbonyl (C=O) groups is 6. The number of urea groups is 2. The monoisotopic (exact) mass is 844 g/mol. The largest absolute Gasteiger partial charge is 0.472 e. The number of nitriles is 1. The summed E-state index contributed by atoms with van der Waals surface area (Å²) in [5.41, 5.74) is -3.25. The lowest BCUT2D eigenvalue weighted by Gasteiger charge is -2.72. The minimum atomic E-state index is -5.00. The van der Waals surface area contributed by atoms with Crippen molar-refractivity contribution in [1.29, 1.82) is 5.26 Å². The first-order valence-corrected chi connectivity index (χ1v) is 21.5. The van der Waals surface area contributed by atoms with Crippen LogP contribution in [-0.2, 0) is 56.0 Å². The van der Waals surface area contributed by atoms with Crippen molar-refractivity contribution in [3.8, 4) is 6.07 Å². The number of esters is 1. The summed E-state index contributed by atoms with van der Waals surface area (Å²) in [7, 11) is -6.90. The Bertz CT molecular complexity index is 1740. The Balaban J connectivity index is 1.40. The second-order valence-electron chi connectivity index (χ2n) is 15.8. The molecule has 0 aromatic rings. The van der Waals surface area contributed by atoms with E-state index in [0.29, 0.717) is 0 Å². The topological polar surface area (TPSA) is 262 Å². The van der Waals surface area contributed by atoms with Gasteiger partial charge in [0.15, 0.2) is 0 Å². The van der Waals surface area contributed by atoms with E-state index in [1.807, 2.05) is 38.4 Å². The fourth-order valence-corrected chi connectivity index (χ4v) is 11.5. The van der Waals surface area contributed by atoms with Gasteiger partial charge in [-0.25, -0.2) is 18.8 Å². The Kier molecular flexibility index (Phi) is 12.6. The zero-order valence-electron chi connectivity index (χ0n) is 32.8. The van der Waals surface area contributed by atoms with Gasteiger partial charge in [-0.15, -0.1) is 0 Å². The van der Waals surface area contributed by atoms with Crippen molar-refractivity contribution in [2.24, 2.45) is 10.8 Å². The van der Waals surface area contributed by atoms with E-state index in [4.69, 9.17) is 32.3 Å². The first-order valence-electron chi connectivity index (χ1n) is 18.9. The van der Waals surface area contributed by atoms with Gasteiger partial charge in [0.05, 0.1) is 61.1 Å². The summed E-state index contributed by atoms with van der Waals surface area (Å²) in [5, 5.41) is 13.9. The van der Waals surface area contributed by atoms with Gasteiger partial charge >= 0.3 is 25.9 Å². The van der Waals surface area contributed by atoms with Crippen LogP contribution in [0.15, 0.2) is 0 Å². The predicted molar refractivity (Wildman–Crippen MR) is 193 cm³/mol. The van der Waals surface area contributed by atoms with Crippen LogP contribution in [0.3, 0.4) is 0 Å². The summed E-state index contributed by atoms with van der Waals surface area (Å²) >= 11 is 0. The summed E-state index contributed by atoms with van der Waals surface area (Å²) in [6, 6.07) is -2.27. The Labute approximate surface area is 330 Å². The molecule has 6 amide bonds. The predicted octanol–water partition coefficient (Wildman–Crippen LogP) is 2.17. The maximum absolute atomic E-state index is 14.0. The van der Waals surface area contributed by atoms with Gasteiger partial charge < -0.3 is 32.9 Å². The number of hydrogen-bond acceptors (Lipinski definition) is 16. The normalized spacial score (nSPS) is 37.9. The number of phosphoric acid groups is 1. The first-order chi connectivity index (χ1) is 26.7. The molecule has 12 atom stereocenters. The van der Waals surface area contributed by atoms with Crippen LogP contribution in [0.5, 0.6) is 0 Å². The van der Waals surface area contributed by atoms with Gasteiger partial charge in [0, 0.05) is 31.3 Å². The molecular formula is C34H50N6O15P2. The van der Waals surface area contributed by atoms with E-state index in [2.05, 4.69) is 10.6 Å². The molecule has 6 rings (SSSR count). The number of imide groups is 2. The van der Waals surface area contributed by atoms with Crippen molar-refractivity contribution in [2.75, 3.05) is 19.8 Å². The van der Waals surface area contributed by atoms with Gasteiger partial charge in [-0.05, 0) is 48.5 Å². The second-order valence-corrected chi connectivity index (χ2v) is 18.7. The van der Waals surface area contributed by atoms with Crippen molar-refractivity contribution in [1.82, 2.24) is 25.1 Å². The molecule has 0 aromatic carbocycles.